The van der Waals surface area contributed by atoms with Crippen LogP contribution in [0.4, 0.5) is 17.6 Å². The van der Waals surface area contributed by atoms with Gasteiger partial charge < -0.3 is 5.73 Å². The van der Waals surface area contributed by atoms with Gasteiger partial charge in [0.2, 0.25) is 0 Å². The Morgan fingerprint density at radius 1 is 0.895 bits per heavy atom. The lowest BCUT2D eigenvalue weighted by Crippen LogP contribution is -2.15. The molecule has 1 nitrogen and oxygen atoms in total. The molecule has 0 amide bonds. The summed E-state index contributed by atoms with van der Waals surface area (Å²) in [6.07, 6.45) is -0.00529. The predicted molar refractivity (Wildman–Crippen MR) is 63.3 cm³/mol. The highest BCUT2D eigenvalue weighted by molar-refractivity contribution is 5.26. The van der Waals surface area contributed by atoms with Crippen LogP contribution in [-0.4, -0.2) is 0 Å². The molecule has 0 aliphatic carbocycles. The third-order valence-electron chi connectivity index (χ3n) is 2.84. The van der Waals surface area contributed by atoms with Crippen molar-refractivity contribution in [3.63, 3.8) is 0 Å². The van der Waals surface area contributed by atoms with Crippen LogP contribution in [0.3, 0.4) is 0 Å². The zero-order valence-corrected chi connectivity index (χ0v) is 9.84. The predicted octanol–water partition coefficient (Wildman–Crippen LogP) is 3.49. The maximum absolute atomic E-state index is 13.5. The smallest absolute Gasteiger partial charge is 0.162 e. The Balaban J connectivity index is 2.23. The normalized spacial score (nSPS) is 12.5. The van der Waals surface area contributed by atoms with E-state index in [9.17, 15) is 17.6 Å². The molecular weight excluding hydrogens is 258 g/mol. The van der Waals surface area contributed by atoms with E-state index in [0.717, 1.165) is 18.2 Å². The van der Waals surface area contributed by atoms with Crippen LogP contribution in [0, 0.1) is 23.3 Å². The second-order valence-corrected chi connectivity index (χ2v) is 4.20. The van der Waals surface area contributed by atoms with Crippen molar-refractivity contribution < 1.29 is 17.6 Å². The van der Waals surface area contributed by atoms with E-state index < -0.39 is 29.3 Å². The van der Waals surface area contributed by atoms with Crippen LogP contribution in [-0.2, 0) is 6.42 Å². The first-order valence-electron chi connectivity index (χ1n) is 5.62. The molecule has 0 fully saturated rings. The molecule has 2 N–H and O–H groups in total. The second kappa shape index (κ2) is 5.40. The third-order valence-corrected chi connectivity index (χ3v) is 2.84. The highest BCUT2D eigenvalue weighted by Crippen LogP contribution is 2.21. The van der Waals surface area contributed by atoms with Gasteiger partial charge in [0.25, 0.3) is 0 Å². The summed E-state index contributed by atoms with van der Waals surface area (Å²) < 4.78 is 52.3. The number of hydrogen-bond donors (Lipinski definition) is 1. The van der Waals surface area contributed by atoms with Gasteiger partial charge in [-0.25, -0.2) is 17.6 Å². The molecule has 0 heterocycles. The molecule has 1 atom stereocenters. The average molecular weight is 269 g/mol. The van der Waals surface area contributed by atoms with E-state index >= 15 is 0 Å². The Labute approximate surface area is 107 Å². The SMILES string of the molecule is NC(Cc1cccc(F)c1F)c1ccc(F)c(F)c1. The molecule has 0 bridgehead atoms. The van der Waals surface area contributed by atoms with Crippen molar-refractivity contribution in [2.75, 3.05) is 0 Å². The van der Waals surface area contributed by atoms with Crippen molar-refractivity contribution in [1.82, 2.24) is 0 Å². The quantitative estimate of drug-likeness (QED) is 0.848. The summed E-state index contributed by atoms with van der Waals surface area (Å²) in [7, 11) is 0. The first-order valence-corrected chi connectivity index (χ1v) is 5.62. The second-order valence-electron chi connectivity index (χ2n) is 4.20. The molecule has 5 heteroatoms. The summed E-state index contributed by atoms with van der Waals surface area (Å²) in [6.45, 7) is 0. The van der Waals surface area contributed by atoms with Gasteiger partial charge in [-0.3, -0.25) is 0 Å². The molecular formula is C14H11F4N. The van der Waals surface area contributed by atoms with Crippen molar-refractivity contribution in [3.8, 4) is 0 Å². The lowest BCUT2D eigenvalue weighted by molar-refractivity contribution is 0.492. The van der Waals surface area contributed by atoms with E-state index in [4.69, 9.17) is 5.73 Å². The molecule has 0 radical (unpaired) electrons. The first-order chi connectivity index (χ1) is 8.99. The van der Waals surface area contributed by atoms with Crippen LogP contribution < -0.4 is 5.73 Å². The molecule has 0 aliphatic rings. The maximum Gasteiger partial charge on any atom is 0.162 e. The van der Waals surface area contributed by atoms with Crippen molar-refractivity contribution in [1.29, 1.82) is 0 Å². The summed E-state index contributed by atoms with van der Waals surface area (Å²) in [5.41, 5.74) is 6.20. The van der Waals surface area contributed by atoms with Crippen molar-refractivity contribution in [2.45, 2.75) is 12.5 Å². The van der Waals surface area contributed by atoms with E-state index in [1.165, 1.54) is 18.2 Å². The Bertz CT molecular complexity index is 598. The number of nitrogens with two attached hydrogens (primary N) is 1. The van der Waals surface area contributed by atoms with Crippen LogP contribution in [0.25, 0.3) is 0 Å². The monoisotopic (exact) mass is 269 g/mol. The molecule has 0 saturated heterocycles. The van der Waals surface area contributed by atoms with Crippen LogP contribution >= 0.6 is 0 Å². The topological polar surface area (TPSA) is 26.0 Å². The number of benzene rings is 2. The number of rotatable bonds is 3. The molecule has 19 heavy (non-hydrogen) atoms. The van der Waals surface area contributed by atoms with Gasteiger partial charge in [0.05, 0.1) is 0 Å². The minimum absolute atomic E-state index is 0.00529. The first kappa shape index (κ1) is 13.5. The largest absolute Gasteiger partial charge is 0.324 e. The summed E-state index contributed by atoms with van der Waals surface area (Å²) in [5.74, 6) is -3.93. The summed E-state index contributed by atoms with van der Waals surface area (Å²) in [4.78, 5) is 0. The molecule has 1 unspecified atom stereocenters. The van der Waals surface area contributed by atoms with E-state index in [-0.39, 0.29) is 12.0 Å². The average Bonchev–Trinajstić information content (AvgIpc) is 2.38. The minimum atomic E-state index is -1.02. The zero-order valence-electron chi connectivity index (χ0n) is 9.84. The fourth-order valence-corrected chi connectivity index (χ4v) is 1.80. The van der Waals surface area contributed by atoms with Gasteiger partial charge in [-0.15, -0.1) is 0 Å². The van der Waals surface area contributed by atoms with Crippen molar-refractivity contribution in [3.05, 3.63) is 70.8 Å². The van der Waals surface area contributed by atoms with Gasteiger partial charge in [0, 0.05) is 6.04 Å². The van der Waals surface area contributed by atoms with Crippen molar-refractivity contribution in [2.24, 2.45) is 5.73 Å². The van der Waals surface area contributed by atoms with E-state index in [1.54, 1.807) is 0 Å². The Morgan fingerprint density at radius 2 is 1.63 bits per heavy atom. The van der Waals surface area contributed by atoms with Gasteiger partial charge in [-0.1, -0.05) is 18.2 Å². The van der Waals surface area contributed by atoms with E-state index in [1.807, 2.05) is 0 Å². The van der Waals surface area contributed by atoms with Crippen LogP contribution in [0.1, 0.15) is 17.2 Å². The van der Waals surface area contributed by atoms with Crippen LogP contribution in [0.2, 0.25) is 0 Å². The Morgan fingerprint density at radius 3 is 2.32 bits per heavy atom. The third kappa shape index (κ3) is 2.93. The molecule has 0 saturated carbocycles. The lowest BCUT2D eigenvalue weighted by atomic mass is 9.99. The summed E-state index contributed by atoms with van der Waals surface area (Å²) in [5, 5.41) is 0. The van der Waals surface area contributed by atoms with Gasteiger partial charge >= 0.3 is 0 Å². The molecule has 2 aromatic carbocycles. The van der Waals surface area contributed by atoms with Crippen LogP contribution in [0.5, 0.6) is 0 Å². The van der Waals surface area contributed by atoms with E-state index in [2.05, 4.69) is 0 Å². The molecule has 0 spiro atoms. The molecule has 2 aromatic rings. The maximum atomic E-state index is 13.5. The van der Waals surface area contributed by atoms with Gasteiger partial charge in [0.1, 0.15) is 0 Å². The Hall–Kier alpha value is -1.88. The standard InChI is InChI=1S/C14H11F4N/c15-10-5-4-8(6-12(10)17)13(19)7-9-2-1-3-11(16)14(9)18/h1-6,13H,7,19H2. The van der Waals surface area contributed by atoms with Gasteiger partial charge in [-0.2, -0.15) is 0 Å². The van der Waals surface area contributed by atoms with E-state index in [0.29, 0.717) is 5.56 Å². The fourth-order valence-electron chi connectivity index (χ4n) is 1.80. The molecule has 2 rings (SSSR count). The molecule has 0 aromatic heterocycles. The Kier molecular flexibility index (Phi) is 3.85. The fraction of sp³-hybridized carbons (Fsp3) is 0.143. The van der Waals surface area contributed by atoms with Crippen LogP contribution in [0.15, 0.2) is 36.4 Å². The van der Waals surface area contributed by atoms with Gasteiger partial charge in [0.15, 0.2) is 23.3 Å². The number of halogens is 4. The highest BCUT2D eigenvalue weighted by atomic mass is 19.2. The summed E-state index contributed by atoms with van der Waals surface area (Å²) in [6, 6.07) is 6.25. The highest BCUT2D eigenvalue weighted by Gasteiger charge is 2.14. The zero-order chi connectivity index (χ0) is 14.0. The lowest BCUT2D eigenvalue weighted by Gasteiger charge is -2.13. The minimum Gasteiger partial charge on any atom is -0.324 e. The number of hydrogen-bond acceptors (Lipinski definition) is 1. The van der Waals surface area contributed by atoms with Crippen molar-refractivity contribution >= 4 is 0 Å². The molecule has 0 aliphatic heterocycles. The van der Waals surface area contributed by atoms with Gasteiger partial charge in [-0.05, 0) is 35.7 Å². The molecule has 100 valence electrons. The summed E-state index contributed by atoms with van der Waals surface area (Å²) >= 11 is 0.